The van der Waals surface area contributed by atoms with Gasteiger partial charge in [-0.2, -0.15) is 0 Å². The van der Waals surface area contributed by atoms with E-state index in [4.69, 9.17) is 8.83 Å². The number of aryl methyl sites for hydroxylation is 1. The van der Waals surface area contributed by atoms with Gasteiger partial charge < -0.3 is 8.83 Å². The van der Waals surface area contributed by atoms with Crippen molar-refractivity contribution in [2.45, 2.75) is 40.0 Å². The monoisotopic (exact) mass is 397 g/mol. The largest absolute Gasteiger partial charge is 0.431 e. The molecule has 4 nitrogen and oxygen atoms in total. The van der Waals surface area contributed by atoms with Crippen LogP contribution in [-0.2, 0) is 5.41 Å². The molecule has 5 rings (SSSR count). The summed E-state index contributed by atoms with van der Waals surface area (Å²) in [6.45, 7) is 10.7. The van der Waals surface area contributed by atoms with Crippen molar-refractivity contribution in [3.63, 3.8) is 0 Å². The highest BCUT2D eigenvalue weighted by atomic mass is 16.4. The van der Waals surface area contributed by atoms with Crippen molar-refractivity contribution in [1.82, 2.24) is 4.98 Å². The molecular weight excluding hydrogens is 372 g/mol. The lowest BCUT2D eigenvalue weighted by Gasteiger charge is -2.12. The van der Waals surface area contributed by atoms with Gasteiger partial charge >= 0.3 is 5.89 Å². The minimum absolute atomic E-state index is 0.198. The number of fused-ring (bicyclic) bond motifs is 3. The molecule has 0 fully saturated rings. The topological polar surface area (TPSA) is 43.0 Å². The number of hydrogen-bond acceptors (Lipinski definition) is 3. The maximum absolute atomic E-state index is 6.53. The van der Waals surface area contributed by atoms with Gasteiger partial charge in [-0.05, 0) is 45.9 Å². The van der Waals surface area contributed by atoms with Crippen LogP contribution in [-0.4, -0.2) is 4.98 Å². The van der Waals surface area contributed by atoms with Crippen LogP contribution in [0.5, 0.6) is 0 Å². The molecule has 0 saturated carbocycles. The molecule has 0 unspecified atom stereocenters. The molecule has 0 radical (unpaired) electrons. The highest BCUT2D eigenvalue weighted by Gasteiger charge is 2.39. The number of furan rings is 1. The summed E-state index contributed by atoms with van der Waals surface area (Å²) in [6.07, 6.45) is 1.77. The number of aromatic nitrogens is 2. The van der Waals surface area contributed by atoms with E-state index in [2.05, 4.69) is 74.5 Å². The lowest BCUT2D eigenvalue weighted by atomic mass is 9.96. The van der Waals surface area contributed by atoms with Crippen LogP contribution in [0.4, 0.5) is 0 Å². The van der Waals surface area contributed by atoms with Crippen LogP contribution >= 0.6 is 0 Å². The zero-order chi connectivity index (χ0) is 21.0. The molecule has 0 spiro atoms. The smallest absolute Gasteiger partial charge is 0.359 e. The van der Waals surface area contributed by atoms with Crippen LogP contribution in [0.1, 0.15) is 37.9 Å². The molecule has 0 aliphatic carbocycles. The Morgan fingerprint density at radius 3 is 2.33 bits per heavy atom. The molecule has 0 saturated heterocycles. The van der Waals surface area contributed by atoms with Crippen molar-refractivity contribution in [3.8, 4) is 17.0 Å². The summed E-state index contributed by atoms with van der Waals surface area (Å²) in [5, 5.41) is 2.09. The molecule has 3 aromatic heterocycles. The number of benzene rings is 2. The van der Waals surface area contributed by atoms with Crippen LogP contribution in [0.15, 0.2) is 69.6 Å². The zero-order valence-electron chi connectivity index (χ0n) is 18.0. The SMILES string of the molecule is Cc1ccc2c(oc3ncccc32)c1-[n+]1c(C(C)(C)C)oc(-c2ccccc2)c1C. The van der Waals surface area contributed by atoms with E-state index in [1.54, 1.807) is 6.20 Å². The number of pyridine rings is 1. The van der Waals surface area contributed by atoms with Crippen molar-refractivity contribution in [3.05, 3.63) is 77.9 Å². The van der Waals surface area contributed by atoms with Crippen LogP contribution in [0.2, 0.25) is 0 Å². The first-order valence-electron chi connectivity index (χ1n) is 10.2. The quantitative estimate of drug-likeness (QED) is 0.322. The first-order chi connectivity index (χ1) is 14.4. The van der Waals surface area contributed by atoms with Crippen LogP contribution in [0, 0.1) is 13.8 Å². The Bertz CT molecular complexity index is 1390. The van der Waals surface area contributed by atoms with Crippen LogP contribution < -0.4 is 4.57 Å². The lowest BCUT2D eigenvalue weighted by molar-refractivity contribution is -0.618. The Labute approximate surface area is 175 Å². The Morgan fingerprint density at radius 2 is 1.60 bits per heavy atom. The summed E-state index contributed by atoms with van der Waals surface area (Å²) in [7, 11) is 0. The van der Waals surface area contributed by atoms with Gasteiger partial charge in [0.1, 0.15) is 0 Å². The fourth-order valence-electron chi connectivity index (χ4n) is 4.12. The minimum atomic E-state index is -0.198. The minimum Gasteiger partial charge on any atom is -0.431 e. The first-order valence-corrected chi connectivity index (χ1v) is 10.2. The summed E-state index contributed by atoms with van der Waals surface area (Å²) >= 11 is 0. The molecule has 5 aromatic rings. The van der Waals surface area contributed by atoms with Gasteiger partial charge in [0.25, 0.3) is 5.69 Å². The second kappa shape index (κ2) is 6.56. The van der Waals surface area contributed by atoms with Gasteiger partial charge in [0.05, 0.1) is 5.41 Å². The van der Waals surface area contributed by atoms with Crippen molar-refractivity contribution in [2.75, 3.05) is 0 Å². The maximum atomic E-state index is 6.53. The summed E-state index contributed by atoms with van der Waals surface area (Å²) in [5.41, 5.74) is 5.55. The molecular formula is C26H25N2O2+. The van der Waals surface area contributed by atoms with Crippen molar-refractivity contribution < 1.29 is 13.4 Å². The molecule has 0 atom stereocenters. The highest BCUT2D eigenvalue weighted by Crippen LogP contribution is 2.35. The Kier molecular flexibility index (Phi) is 4.07. The van der Waals surface area contributed by atoms with E-state index in [-0.39, 0.29) is 5.41 Å². The molecule has 30 heavy (non-hydrogen) atoms. The van der Waals surface area contributed by atoms with E-state index in [1.165, 1.54) is 0 Å². The van der Waals surface area contributed by atoms with E-state index in [9.17, 15) is 0 Å². The number of oxazole rings is 1. The summed E-state index contributed by atoms with van der Waals surface area (Å²) in [5.74, 6) is 1.77. The standard InChI is InChI=1S/C26H25N2O2/c1-16-13-14-19-20-12-9-15-27-24(20)29-23(19)21(16)28-17(2)22(18-10-7-6-8-11-18)30-25(28)26(3,4)5/h6-15H,1-5H3/q+1. The van der Waals surface area contributed by atoms with E-state index < -0.39 is 0 Å². The second-order valence-corrected chi connectivity index (χ2v) is 8.84. The molecule has 4 heteroatoms. The molecule has 3 heterocycles. The third-order valence-corrected chi connectivity index (χ3v) is 5.56. The number of rotatable bonds is 2. The third-order valence-electron chi connectivity index (χ3n) is 5.56. The van der Waals surface area contributed by atoms with E-state index >= 15 is 0 Å². The average molecular weight is 397 g/mol. The van der Waals surface area contributed by atoms with Gasteiger partial charge in [0.15, 0.2) is 0 Å². The fourth-order valence-corrected chi connectivity index (χ4v) is 4.12. The van der Waals surface area contributed by atoms with Crippen molar-refractivity contribution in [2.24, 2.45) is 0 Å². The number of hydrogen-bond donors (Lipinski definition) is 0. The first kappa shape index (κ1) is 18.6. The Morgan fingerprint density at radius 1 is 0.833 bits per heavy atom. The molecule has 0 N–H and O–H groups in total. The van der Waals surface area contributed by atoms with Crippen molar-refractivity contribution >= 4 is 22.1 Å². The van der Waals surface area contributed by atoms with Gasteiger partial charge in [0.2, 0.25) is 22.8 Å². The maximum Gasteiger partial charge on any atom is 0.359 e. The van der Waals surface area contributed by atoms with Crippen LogP contribution in [0.3, 0.4) is 0 Å². The van der Waals surface area contributed by atoms with E-state index in [1.807, 2.05) is 24.3 Å². The fraction of sp³-hybridized carbons (Fsp3) is 0.231. The Balaban J connectivity index is 1.90. The van der Waals surface area contributed by atoms with Gasteiger partial charge in [-0.15, -0.1) is 4.57 Å². The molecule has 0 aliphatic heterocycles. The summed E-state index contributed by atoms with van der Waals surface area (Å²) < 4.78 is 15.0. The molecule has 2 aromatic carbocycles. The van der Waals surface area contributed by atoms with Gasteiger partial charge in [-0.25, -0.2) is 4.98 Å². The summed E-state index contributed by atoms with van der Waals surface area (Å²) in [4.78, 5) is 4.43. The predicted molar refractivity (Wildman–Crippen MR) is 119 cm³/mol. The lowest BCUT2D eigenvalue weighted by Crippen LogP contribution is -2.41. The zero-order valence-corrected chi connectivity index (χ0v) is 18.0. The van der Waals surface area contributed by atoms with Crippen molar-refractivity contribution in [1.29, 1.82) is 0 Å². The van der Waals surface area contributed by atoms with Gasteiger partial charge in [0, 0.05) is 35.0 Å². The van der Waals surface area contributed by atoms with Gasteiger partial charge in [-0.3, -0.25) is 0 Å². The van der Waals surface area contributed by atoms with Gasteiger partial charge in [-0.1, -0.05) is 36.4 Å². The number of nitrogens with zero attached hydrogens (tertiary/aromatic N) is 2. The summed E-state index contributed by atoms with van der Waals surface area (Å²) in [6, 6.07) is 18.5. The predicted octanol–water partition coefficient (Wildman–Crippen LogP) is 6.43. The highest BCUT2D eigenvalue weighted by molar-refractivity contribution is 6.06. The molecule has 0 bridgehead atoms. The molecule has 0 aliphatic rings. The van der Waals surface area contributed by atoms with E-state index in [0.29, 0.717) is 5.71 Å². The average Bonchev–Trinajstić information content (AvgIpc) is 3.26. The molecule has 0 amide bonds. The Hall–Kier alpha value is -3.40. The third kappa shape index (κ3) is 2.75. The van der Waals surface area contributed by atoms with Crippen LogP contribution in [0.25, 0.3) is 39.1 Å². The second-order valence-electron chi connectivity index (χ2n) is 8.84. The van der Waals surface area contributed by atoms with E-state index in [0.717, 1.165) is 50.5 Å². The normalized spacial score (nSPS) is 12.2. The molecule has 150 valence electrons.